The summed E-state index contributed by atoms with van der Waals surface area (Å²) in [5, 5.41) is 12.6. The minimum Gasteiger partial charge on any atom is -0.389 e. The van der Waals surface area contributed by atoms with Crippen LogP contribution < -0.4 is 5.32 Å². The lowest BCUT2D eigenvalue weighted by atomic mass is 10.1. The topological polar surface area (TPSA) is 41.5 Å². The van der Waals surface area contributed by atoms with Crippen LogP contribution >= 0.6 is 0 Å². The van der Waals surface area contributed by atoms with E-state index in [2.05, 4.69) is 36.5 Å². The molecular weight excluding hydrogens is 202 g/mol. The third kappa shape index (κ3) is 5.26. The highest BCUT2D eigenvalue weighted by Gasteiger charge is 2.01. The van der Waals surface area contributed by atoms with Crippen molar-refractivity contribution < 1.29 is 9.84 Å². The van der Waals surface area contributed by atoms with Crippen LogP contribution in [0.15, 0.2) is 24.3 Å². The first-order chi connectivity index (χ1) is 7.72. The maximum Gasteiger partial charge on any atom is 0.0897 e. The van der Waals surface area contributed by atoms with Gasteiger partial charge in [-0.25, -0.2) is 0 Å². The molecule has 0 aliphatic carbocycles. The Hall–Kier alpha value is -0.900. The molecule has 0 radical (unpaired) electrons. The van der Waals surface area contributed by atoms with Gasteiger partial charge in [0.2, 0.25) is 0 Å². The summed E-state index contributed by atoms with van der Waals surface area (Å²) in [7, 11) is 1.59. The fourth-order valence-corrected chi connectivity index (χ4v) is 1.62. The molecule has 0 amide bonds. The van der Waals surface area contributed by atoms with Gasteiger partial charge in [0.15, 0.2) is 0 Å². The molecule has 16 heavy (non-hydrogen) atoms. The molecule has 0 saturated carbocycles. The molecule has 3 heteroatoms. The van der Waals surface area contributed by atoms with Crippen molar-refractivity contribution in [1.29, 1.82) is 0 Å². The molecule has 0 saturated heterocycles. The lowest BCUT2D eigenvalue weighted by Gasteiger charge is -2.10. The van der Waals surface area contributed by atoms with Crippen LogP contribution in [-0.4, -0.2) is 38.0 Å². The van der Waals surface area contributed by atoms with E-state index < -0.39 is 6.10 Å². The lowest BCUT2D eigenvalue weighted by molar-refractivity contribution is 0.0648. The van der Waals surface area contributed by atoms with E-state index in [0.717, 1.165) is 13.0 Å². The first-order valence-electron chi connectivity index (χ1n) is 5.65. The number of aliphatic hydroxyl groups excluding tert-OH is 1. The Morgan fingerprint density at radius 2 is 2.25 bits per heavy atom. The Balaban J connectivity index is 2.16. The third-order valence-corrected chi connectivity index (χ3v) is 2.41. The Labute approximate surface area is 97.4 Å². The molecule has 1 unspecified atom stereocenters. The van der Waals surface area contributed by atoms with Gasteiger partial charge in [0.05, 0.1) is 12.7 Å². The summed E-state index contributed by atoms with van der Waals surface area (Å²) in [6.07, 6.45) is 0.573. The molecule has 0 aromatic heterocycles. The van der Waals surface area contributed by atoms with Crippen molar-refractivity contribution in [2.45, 2.75) is 19.4 Å². The molecule has 1 aromatic carbocycles. The summed E-state index contributed by atoms with van der Waals surface area (Å²) < 4.78 is 4.84. The summed E-state index contributed by atoms with van der Waals surface area (Å²) in [4.78, 5) is 0. The summed E-state index contributed by atoms with van der Waals surface area (Å²) in [6.45, 7) is 3.95. The number of hydrogen-bond acceptors (Lipinski definition) is 3. The van der Waals surface area contributed by atoms with E-state index in [1.54, 1.807) is 7.11 Å². The molecule has 2 N–H and O–H groups in total. The van der Waals surface area contributed by atoms with Crippen LogP contribution in [-0.2, 0) is 11.2 Å². The average Bonchev–Trinajstić information content (AvgIpc) is 2.25. The van der Waals surface area contributed by atoms with Gasteiger partial charge in [0, 0.05) is 13.7 Å². The van der Waals surface area contributed by atoms with Gasteiger partial charge in [0.25, 0.3) is 0 Å². The van der Waals surface area contributed by atoms with Crippen molar-refractivity contribution >= 4 is 0 Å². The maximum absolute atomic E-state index is 9.40. The zero-order valence-electron chi connectivity index (χ0n) is 10.1. The number of nitrogens with one attached hydrogen (secondary N) is 1. The third-order valence-electron chi connectivity index (χ3n) is 2.41. The highest BCUT2D eigenvalue weighted by molar-refractivity contribution is 5.22. The van der Waals surface area contributed by atoms with Gasteiger partial charge in [0.1, 0.15) is 0 Å². The van der Waals surface area contributed by atoms with E-state index in [1.807, 2.05) is 0 Å². The van der Waals surface area contributed by atoms with Crippen molar-refractivity contribution in [2.75, 3.05) is 26.8 Å². The van der Waals surface area contributed by atoms with E-state index in [1.165, 1.54) is 11.1 Å². The first-order valence-corrected chi connectivity index (χ1v) is 5.65. The first kappa shape index (κ1) is 13.2. The number of methoxy groups -OCH3 is 1. The lowest BCUT2D eigenvalue weighted by Crippen LogP contribution is -2.31. The molecule has 0 aliphatic heterocycles. The maximum atomic E-state index is 9.40. The fraction of sp³-hybridized carbons (Fsp3) is 0.538. The van der Waals surface area contributed by atoms with E-state index in [0.29, 0.717) is 13.2 Å². The van der Waals surface area contributed by atoms with Crippen molar-refractivity contribution in [3.05, 3.63) is 35.4 Å². The van der Waals surface area contributed by atoms with Gasteiger partial charge in [-0.1, -0.05) is 29.8 Å². The highest BCUT2D eigenvalue weighted by atomic mass is 16.5. The normalized spacial score (nSPS) is 12.7. The Morgan fingerprint density at radius 3 is 2.94 bits per heavy atom. The fourth-order valence-electron chi connectivity index (χ4n) is 1.62. The molecule has 0 fully saturated rings. The van der Waals surface area contributed by atoms with Gasteiger partial charge in [-0.2, -0.15) is 0 Å². The molecule has 0 heterocycles. The Bertz CT molecular complexity index is 302. The molecule has 0 spiro atoms. The number of benzene rings is 1. The summed E-state index contributed by atoms with van der Waals surface area (Å²) >= 11 is 0. The highest BCUT2D eigenvalue weighted by Crippen LogP contribution is 2.03. The van der Waals surface area contributed by atoms with E-state index in [-0.39, 0.29) is 0 Å². The molecular formula is C13H21NO2. The van der Waals surface area contributed by atoms with Crippen LogP contribution in [0.5, 0.6) is 0 Å². The molecule has 0 aliphatic rings. The smallest absolute Gasteiger partial charge is 0.0897 e. The van der Waals surface area contributed by atoms with Crippen LogP contribution in [0.4, 0.5) is 0 Å². The predicted molar refractivity (Wildman–Crippen MR) is 65.6 cm³/mol. The van der Waals surface area contributed by atoms with Gasteiger partial charge < -0.3 is 15.2 Å². The van der Waals surface area contributed by atoms with Crippen LogP contribution in [0.25, 0.3) is 0 Å². The van der Waals surface area contributed by atoms with Crippen LogP contribution in [0.1, 0.15) is 11.1 Å². The zero-order chi connectivity index (χ0) is 11.8. The monoisotopic (exact) mass is 223 g/mol. The second kappa shape index (κ2) is 7.39. The minimum absolute atomic E-state index is 0.386. The molecule has 3 nitrogen and oxygen atoms in total. The van der Waals surface area contributed by atoms with Crippen molar-refractivity contribution in [2.24, 2.45) is 0 Å². The quantitative estimate of drug-likeness (QED) is 0.681. The summed E-state index contributed by atoms with van der Waals surface area (Å²) in [6, 6.07) is 8.48. The predicted octanol–water partition coefficient (Wildman–Crippen LogP) is 1.13. The second-order valence-corrected chi connectivity index (χ2v) is 4.05. The number of hydrogen-bond donors (Lipinski definition) is 2. The van der Waals surface area contributed by atoms with E-state index in [4.69, 9.17) is 4.74 Å². The number of aliphatic hydroxyl groups is 1. The van der Waals surface area contributed by atoms with Crippen molar-refractivity contribution in [1.82, 2.24) is 5.32 Å². The zero-order valence-corrected chi connectivity index (χ0v) is 10.1. The van der Waals surface area contributed by atoms with Gasteiger partial charge in [-0.3, -0.25) is 0 Å². The van der Waals surface area contributed by atoms with Gasteiger partial charge in [-0.05, 0) is 25.5 Å². The average molecular weight is 223 g/mol. The number of rotatable bonds is 7. The van der Waals surface area contributed by atoms with Crippen LogP contribution in [0.3, 0.4) is 0 Å². The SMILES string of the molecule is COCC(O)CNCCc1cccc(C)c1. The van der Waals surface area contributed by atoms with Gasteiger partial charge in [-0.15, -0.1) is 0 Å². The van der Waals surface area contributed by atoms with Crippen LogP contribution in [0.2, 0.25) is 0 Å². The van der Waals surface area contributed by atoms with Crippen molar-refractivity contribution in [3.63, 3.8) is 0 Å². The Kier molecular flexibility index (Phi) is 6.08. The van der Waals surface area contributed by atoms with Gasteiger partial charge >= 0.3 is 0 Å². The number of ether oxygens (including phenoxy) is 1. The summed E-state index contributed by atoms with van der Waals surface area (Å²) in [5.74, 6) is 0. The van der Waals surface area contributed by atoms with E-state index in [9.17, 15) is 5.11 Å². The standard InChI is InChI=1S/C13H21NO2/c1-11-4-3-5-12(8-11)6-7-14-9-13(15)10-16-2/h3-5,8,13-15H,6-7,9-10H2,1-2H3. The molecule has 90 valence electrons. The minimum atomic E-state index is -0.414. The van der Waals surface area contributed by atoms with Crippen LogP contribution in [0, 0.1) is 6.92 Å². The molecule has 1 aromatic rings. The number of aryl methyl sites for hydroxylation is 1. The molecule has 0 bridgehead atoms. The summed E-state index contributed by atoms with van der Waals surface area (Å²) in [5.41, 5.74) is 2.62. The largest absolute Gasteiger partial charge is 0.389 e. The second-order valence-electron chi connectivity index (χ2n) is 4.05. The van der Waals surface area contributed by atoms with E-state index >= 15 is 0 Å². The molecule has 1 rings (SSSR count). The molecule has 1 atom stereocenters. The van der Waals surface area contributed by atoms with Crippen molar-refractivity contribution in [3.8, 4) is 0 Å². The Morgan fingerprint density at radius 1 is 1.44 bits per heavy atom.